The van der Waals surface area contributed by atoms with Crippen LogP contribution in [0.2, 0.25) is 0 Å². The van der Waals surface area contributed by atoms with Gasteiger partial charge in [-0.3, -0.25) is 15.2 Å². The molecule has 3 aromatic rings. The van der Waals surface area contributed by atoms with Crippen molar-refractivity contribution < 1.29 is 9.45 Å². The van der Waals surface area contributed by atoms with Gasteiger partial charge < -0.3 is 4.52 Å². The van der Waals surface area contributed by atoms with Crippen LogP contribution in [0.25, 0.3) is 22.8 Å². The van der Waals surface area contributed by atoms with Crippen molar-refractivity contribution in [3.8, 4) is 28.9 Å². The van der Waals surface area contributed by atoms with E-state index in [2.05, 4.69) is 20.3 Å². The van der Waals surface area contributed by atoms with Gasteiger partial charge in [0.05, 0.1) is 16.7 Å². The zero-order valence-electron chi connectivity index (χ0n) is 10.3. The SMILES string of the molecule is N#Cc1[nH]ncc1-c1nc(-c2ccccc2[N+](=O)[O-])no1. The highest BCUT2D eigenvalue weighted by atomic mass is 16.6. The van der Waals surface area contributed by atoms with Gasteiger partial charge >= 0.3 is 0 Å². The van der Waals surface area contributed by atoms with Crippen molar-refractivity contribution in [1.29, 1.82) is 5.26 Å². The fourth-order valence-corrected chi connectivity index (χ4v) is 1.80. The fraction of sp³-hybridized carbons (Fsp3) is 0. The number of benzene rings is 1. The molecule has 0 aliphatic heterocycles. The maximum absolute atomic E-state index is 11.0. The van der Waals surface area contributed by atoms with Crippen LogP contribution in [-0.2, 0) is 0 Å². The number of para-hydroxylation sites is 1. The Morgan fingerprint density at radius 3 is 2.90 bits per heavy atom. The first-order valence-corrected chi connectivity index (χ1v) is 5.72. The van der Waals surface area contributed by atoms with E-state index < -0.39 is 4.92 Å². The average molecular weight is 282 g/mol. The van der Waals surface area contributed by atoms with Crippen molar-refractivity contribution in [2.24, 2.45) is 0 Å². The number of aromatic amines is 1. The molecule has 1 N–H and O–H groups in total. The number of nitriles is 1. The van der Waals surface area contributed by atoms with Gasteiger partial charge in [-0.2, -0.15) is 15.3 Å². The van der Waals surface area contributed by atoms with E-state index in [9.17, 15) is 10.1 Å². The van der Waals surface area contributed by atoms with E-state index in [1.807, 2.05) is 6.07 Å². The van der Waals surface area contributed by atoms with Crippen LogP contribution in [-0.4, -0.2) is 25.3 Å². The highest BCUT2D eigenvalue weighted by Gasteiger charge is 2.21. The van der Waals surface area contributed by atoms with Gasteiger partial charge in [-0.1, -0.05) is 17.3 Å². The minimum absolute atomic E-state index is 0.0634. The molecule has 3 rings (SSSR count). The van der Waals surface area contributed by atoms with Gasteiger partial charge in [0.2, 0.25) is 5.82 Å². The van der Waals surface area contributed by atoms with E-state index in [4.69, 9.17) is 9.78 Å². The van der Waals surface area contributed by atoms with Crippen LogP contribution in [0.1, 0.15) is 5.69 Å². The first kappa shape index (κ1) is 12.5. The summed E-state index contributed by atoms with van der Waals surface area (Å²) < 4.78 is 5.05. The number of nitrogens with zero attached hydrogens (tertiary/aromatic N) is 5. The summed E-state index contributed by atoms with van der Waals surface area (Å²) in [6.07, 6.45) is 1.37. The van der Waals surface area contributed by atoms with Gasteiger partial charge in [-0.25, -0.2) is 0 Å². The molecule has 2 heterocycles. The van der Waals surface area contributed by atoms with Crippen molar-refractivity contribution in [2.45, 2.75) is 0 Å². The summed E-state index contributed by atoms with van der Waals surface area (Å²) in [4.78, 5) is 14.5. The summed E-state index contributed by atoms with van der Waals surface area (Å²) >= 11 is 0. The number of rotatable bonds is 3. The number of aromatic nitrogens is 4. The van der Waals surface area contributed by atoms with Crippen LogP contribution in [0.15, 0.2) is 35.0 Å². The Kier molecular flexibility index (Phi) is 2.89. The fourth-order valence-electron chi connectivity index (χ4n) is 1.80. The van der Waals surface area contributed by atoms with E-state index in [1.165, 1.54) is 18.3 Å². The van der Waals surface area contributed by atoms with E-state index >= 15 is 0 Å². The predicted molar refractivity (Wildman–Crippen MR) is 68.7 cm³/mol. The van der Waals surface area contributed by atoms with E-state index in [1.54, 1.807) is 12.1 Å². The van der Waals surface area contributed by atoms with Crippen LogP contribution < -0.4 is 0 Å². The van der Waals surface area contributed by atoms with Gasteiger partial charge in [0.1, 0.15) is 17.3 Å². The molecule has 9 heteroatoms. The van der Waals surface area contributed by atoms with E-state index in [0.29, 0.717) is 5.56 Å². The first-order chi connectivity index (χ1) is 10.2. The lowest BCUT2D eigenvalue weighted by molar-refractivity contribution is -0.384. The maximum atomic E-state index is 11.0. The standard InChI is InChI=1S/C12H6N6O3/c13-5-9-8(6-14-16-9)12-15-11(17-21-12)7-3-1-2-4-10(7)18(19)20/h1-4,6H,(H,14,16). The Labute approximate surface area is 117 Å². The molecule has 0 atom stereocenters. The Balaban J connectivity index is 2.08. The molecular formula is C12H6N6O3. The van der Waals surface area contributed by atoms with Crippen molar-refractivity contribution in [3.63, 3.8) is 0 Å². The minimum Gasteiger partial charge on any atom is -0.333 e. The molecule has 0 unspecified atom stereocenters. The number of nitro groups is 1. The van der Waals surface area contributed by atoms with Crippen molar-refractivity contribution in [2.75, 3.05) is 0 Å². The number of hydrogen-bond acceptors (Lipinski definition) is 7. The molecule has 0 saturated carbocycles. The molecule has 9 nitrogen and oxygen atoms in total. The highest BCUT2D eigenvalue weighted by Crippen LogP contribution is 2.29. The molecule has 0 aliphatic carbocycles. The summed E-state index contributed by atoms with van der Waals surface area (Å²) in [6.45, 7) is 0. The molecule has 0 spiro atoms. The normalized spacial score (nSPS) is 10.2. The quantitative estimate of drug-likeness (QED) is 0.572. The van der Waals surface area contributed by atoms with Gasteiger partial charge in [0.25, 0.3) is 11.6 Å². The van der Waals surface area contributed by atoms with Crippen LogP contribution in [0.5, 0.6) is 0 Å². The monoisotopic (exact) mass is 282 g/mol. The number of nitrogens with one attached hydrogen (secondary N) is 1. The Hall–Kier alpha value is -3.54. The van der Waals surface area contributed by atoms with Crippen LogP contribution in [0.4, 0.5) is 5.69 Å². The van der Waals surface area contributed by atoms with Crippen LogP contribution in [0, 0.1) is 21.4 Å². The first-order valence-electron chi connectivity index (χ1n) is 5.72. The molecule has 0 bridgehead atoms. The molecule has 0 fully saturated rings. The topological polar surface area (TPSA) is 135 Å². The number of nitro benzene ring substituents is 1. The summed E-state index contributed by atoms with van der Waals surface area (Å²) in [5, 5.41) is 29.8. The second kappa shape index (κ2) is 4.86. The lowest BCUT2D eigenvalue weighted by atomic mass is 10.1. The molecule has 102 valence electrons. The smallest absolute Gasteiger partial charge is 0.280 e. The third kappa shape index (κ3) is 2.10. The third-order valence-corrected chi connectivity index (χ3v) is 2.75. The molecule has 2 aromatic heterocycles. The summed E-state index contributed by atoms with van der Waals surface area (Å²) in [6, 6.07) is 7.95. The minimum atomic E-state index is -0.524. The maximum Gasteiger partial charge on any atom is 0.280 e. The van der Waals surface area contributed by atoms with Crippen molar-refractivity contribution in [1.82, 2.24) is 20.3 Å². The zero-order chi connectivity index (χ0) is 14.8. The van der Waals surface area contributed by atoms with Crippen molar-refractivity contribution >= 4 is 5.69 Å². The number of H-pyrrole nitrogens is 1. The molecule has 21 heavy (non-hydrogen) atoms. The number of hydrogen-bond donors (Lipinski definition) is 1. The van der Waals surface area contributed by atoms with Crippen molar-refractivity contribution in [3.05, 3.63) is 46.3 Å². The molecule has 0 aliphatic rings. The Bertz CT molecular complexity index is 860. The van der Waals surface area contributed by atoms with Gasteiger partial charge in [-0.05, 0) is 6.07 Å². The second-order valence-corrected chi connectivity index (χ2v) is 3.97. The Morgan fingerprint density at radius 1 is 1.33 bits per heavy atom. The summed E-state index contributed by atoms with van der Waals surface area (Å²) in [7, 11) is 0. The van der Waals surface area contributed by atoms with E-state index in [-0.39, 0.29) is 28.7 Å². The van der Waals surface area contributed by atoms with Gasteiger partial charge in [0.15, 0.2) is 0 Å². The third-order valence-electron chi connectivity index (χ3n) is 2.75. The second-order valence-electron chi connectivity index (χ2n) is 3.97. The molecular weight excluding hydrogens is 276 g/mol. The van der Waals surface area contributed by atoms with Crippen LogP contribution in [0.3, 0.4) is 0 Å². The highest BCUT2D eigenvalue weighted by molar-refractivity contribution is 5.69. The van der Waals surface area contributed by atoms with Gasteiger partial charge in [0, 0.05) is 6.07 Å². The predicted octanol–water partition coefficient (Wildman–Crippen LogP) is 1.91. The summed E-state index contributed by atoms with van der Waals surface area (Å²) in [5.41, 5.74) is 0.625. The molecule has 0 saturated heterocycles. The Morgan fingerprint density at radius 2 is 2.14 bits per heavy atom. The lowest BCUT2D eigenvalue weighted by Gasteiger charge is -1.96. The average Bonchev–Trinajstić information content (AvgIpc) is 3.15. The zero-order valence-corrected chi connectivity index (χ0v) is 10.3. The molecule has 1 aromatic carbocycles. The van der Waals surface area contributed by atoms with Crippen LogP contribution >= 0.6 is 0 Å². The lowest BCUT2D eigenvalue weighted by Crippen LogP contribution is -1.92. The molecule has 0 amide bonds. The molecule has 0 radical (unpaired) electrons. The summed E-state index contributed by atoms with van der Waals surface area (Å²) in [5.74, 6) is 0.135. The largest absolute Gasteiger partial charge is 0.333 e. The van der Waals surface area contributed by atoms with E-state index in [0.717, 1.165) is 0 Å². The van der Waals surface area contributed by atoms with Gasteiger partial charge in [-0.15, -0.1) is 0 Å².